The Morgan fingerprint density at radius 2 is 0.938 bits per heavy atom. The first-order valence-corrected chi connectivity index (χ1v) is 29.6. The van der Waals surface area contributed by atoms with Gasteiger partial charge in [-0.3, -0.25) is 0 Å². The van der Waals surface area contributed by atoms with Gasteiger partial charge in [-0.25, -0.2) is 0 Å². The molecule has 0 spiro atoms. The summed E-state index contributed by atoms with van der Waals surface area (Å²) in [5.41, 5.74) is 14.8. The molecule has 2 aliphatic rings. The fourth-order valence-electron chi connectivity index (χ4n) is 6.19. The molecule has 244 valence electrons. The quantitative estimate of drug-likeness (QED) is 0.174. The van der Waals surface area contributed by atoms with Crippen molar-refractivity contribution in [1.82, 2.24) is 8.05 Å². The van der Waals surface area contributed by atoms with Crippen molar-refractivity contribution in [3.05, 3.63) is 130 Å². The monoisotopic (exact) mass is 802 g/mol. The van der Waals surface area contributed by atoms with E-state index in [-0.39, 0.29) is 11.1 Å². The molecule has 48 heavy (non-hydrogen) atoms. The average molecular weight is 805 g/mol. The fourth-order valence-corrected chi connectivity index (χ4v) is 20.3. The molecule has 2 N–H and O–H groups in total. The summed E-state index contributed by atoms with van der Waals surface area (Å²) in [6, 6.07) is 35.6. The van der Waals surface area contributed by atoms with E-state index in [1.807, 2.05) is 39.3 Å². The Bertz CT molecular complexity index is 1730. The van der Waals surface area contributed by atoms with Crippen molar-refractivity contribution in [1.29, 1.82) is 0 Å². The van der Waals surface area contributed by atoms with Gasteiger partial charge in [-0.15, -0.1) is 0 Å². The standard InChI is InChI=1S/2C16H13.2C4H11NOSi.Ga.Zr.H/c2*1-12-10-14-8-5-9-15(16(14)11-12)13-6-3-2-4-7-13;2*1-7(2,3)4(5)6;;;/h2*2-11H,1H3;2*1-3H3,(H2,5,6);;;/q;;;;+2;;/p-2. The maximum absolute atomic E-state index is 11.6. The van der Waals surface area contributed by atoms with Gasteiger partial charge >= 0.3 is 311 Å². The summed E-state index contributed by atoms with van der Waals surface area (Å²) in [7, 11) is -3.44. The molecule has 4 aromatic rings. The van der Waals surface area contributed by atoms with Gasteiger partial charge in [-0.1, -0.05) is 0 Å². The van der Waals surface area contributed by atoms with E-state index in [4.69, 9.17) is 0 Å². The number of carbonyl (C=O) groups is 2. The molecule has 4 nitrogen and oxygen atoms in total. The molecule has 0 aromatic heterocycles. The number of benzene rings is 4. The van der Waals surface area contributed by atoms with Crippen molar-refractivity contribution in [2.75, 3.05) is 0 Å². The van der Waals surface area contributed by atoms with Crippen LogP contribution in [0.4, 0.5) is 9.59 Å². The molecule has 0 radical (unpaired) electrons. The summed E-state index contributed by atoms with van der Waals surface area (Å²) < 4.78 is 7.12. The van der Waals surface area contributed by atoms with Crippen molar-refractivity contribution in [3.8, 4) is 22.3 Å². The SMILES string of the molecule is CC1=Cc2c(-c3ccccc3)cccc2[CH]1[Zr][CH]1C(C)=Cc2c(-c3ccccc3)cccc21.C[Si](C)(C)C(=O)[NH][GaH][NH]C(=O)[Si](C)(C)C. The van der Waals surface area contributed by atoms with Crippen molar-refractivity contribution in [2.45, 2.75) is 60.4 Å². The van der Waals surface area contributed by atoms with Gasteiger partial charge in [-0.05, 0) is 0 Å². The van der Waals surface area contributed by atoms with Crippen molar-refractivity contribution in [3.63, 3.8) is 0 Å². The number of allylic oxidation sites excluding steroid dienone is 2. The first-order chi connectivity index (χ1) is 22.8. The topological polar surface area (TPSA) is 58.2 Å². The van der Waals surface area contributed by atoms with E-state index in [1.54, 1.807) is 22.3 Å². The van der Waals surface area contributed by atoms with E-state index in [0.29, 0.717) is 7.25 Å². The van der Waals surface area contributed by atoms with Crippen LogP contribution in [-0.2, 0) is 23.2 Å². The van der Waals surface area contributed by atoms with E-state index >= 15 is 0 Å². The number of hydrogen-bond acceptors (Lipinski definition) is 2. The number of nitrogens with one attached hydrogen (secondary N) is 2. The van der Waals surface area contributed by atoms with Crippen LogP contribution in [0.25, 0.3) is 34.4 Å². The summed E-state index contributed by atoms with van der Waals surface area (Å²) in [6.45, 7) is 16.7. The van der Waals surface area contributed by atoms with Crippen LogP contribution in [-0.4, -0.2) is 45.1 Å². The Kier molecular flexibility index (Phi) is 11.7. The van der Waals surface area contributed by atoms with Crippen LogP contribution in [0.1, 0.15) is 43.4 Å². The van der Waals surface area contributed by atoms with E-state index in [0.717, 1.165) is 0 Å². The molecule has 2 aliphatic carbocycles. The molecule has 2 amide bonds. The molecule has 0 heterocycles. The summed E-state index contributed by atoms with van der Waals surface area (Å²) >= 11 is -2.24. The second kappa shape index (κ2) is 15.4. The predicted octanol–water partition coefficient (Wildman–Crippen LogP) is 10.2. The molecule has 8 heteroatoms. The number of rotatable bonds is 8. The predicted molar refractivity (Wildman–Crippen MR) is 207 cm³/mol. The molecule has 0 fully saturated rings. The van der Waals surface area contributed by atoms with Crippen molar-refractivity contribution >= 4 is 57.3 Å². The second-order valence-corrected chi connectivity index (χ2v) is 30.6. The third-order valence-corrected chi connectivity index (χ3v) is 21.0. The van der Waals surface area contributed by atoms with Crippen LogP contribution in [0.3, 0.4) is 0 Å². The third-order valence-electron chi connectivity index (χ3n) is 8.92. The summed E-state index contributed by atoms with van der Waals surface area (Å²) in [6.07, 6.45) is 4.94. The molecular formula is C40H47GaN2O2Si2Zr. The molecule has 2 unspecified atom stereocenters. The molecule has 6 rings (SSSR count). The van der Waals surface area contributed by atoms with E-state index < -0.39 is 57.3 Å². The molecule has 0 saturated carbocycles. The zero-order chi connectivity index (χ0) is 34.6. The maximum atomic E-state index is 11.6. The van der Waals surface area contributed by atoms with E-state index in [2.05, 4.69) is 131 Å². The van der Waals surface area contributed by atoms with Crippen LogP contribution in [0.2, 0.25) is 39.3 Å². The Hall–Kier alpha value is -2.75. The Morgan fingerprint density at radius 1 is 0.562 bits per heavy atom. The average Bonchev–Trinajstić information content (AvgIpc) is 3.56. The normalized spacial score (nSPS) is 16.3. The fraction of sp³-hybridized carbons (Fsp3) is 0.250. The van der Waals surface area contributed by atoms with Crippen LogP contribution in [0, 0.1) is 0 Å². The molecular weight excluding hydrogens is 758 g/mol. The number of fused-ring (bicyclic) bond motifs is 2. The van der Waals surface area contributed by atoms with Gasteiger partial charge < -0.3 is 0 Å². The Morgan fingerprint density at radius 3 is 1.29 bits per heavy atom. The molecule has 0 saturated heterocycles. The zero-order valence-electron chi connectivity index (χ0n) is 29.6. The van der Waals surface area contributed by atoms with Crippen LogP contribution >= 0.6 is 0 Å². The van der Waals surface area contributed by atoms with E-state index in [1.165, 1.54) is 33.4 Å². The number of amides is 2. The summed E-state index contributed by atoms with van der Waals surface area (Å²) in [5.74, 6) is 0. The molecule has 0 bridgehead atoms. The van der Waals surface area contributed by atoms with E-state index in [9.17, 15) is 9.59 Å². The number of carbonyl (C=O) groups excluding carboxylic acids is 2. The Labute approximate surface area is 308 Å². The van der Waals surface area contributed by atoms with Crippen LogP contribution in [0.5, 0.6) is 0 Å². The Balaban J connectivity index is 0.000000256. The van der Waals surface area contributed by atoms with Gasteiger partial charge in [0.2, 0.25) is 0 Å². The first kappa shape index (κ1) is 36.5. The summed E-state index contributed by atoms with van der Waals surface area (Å²) in [5, 5.41) is 0. The second-order valence-electron chi connectivity index (χ2n) is 14.8. The van der Waals surface area contributed by atoms with Crippen LogP contribution in [0.15, 0.2) is 108 Å². The first-order valence-electron chi connectivity index (χ1n) is 16.8. The molecule has 2 atom stereocenters. The summed E-state index contributed by atoms with van der Waals surface area (Å²) in [4.78, 5) is 23.1. The van der Waals surface area contributed by atoms with Gasteiger partial charge in [0.05, 0.1) is 0 Å². The van der Waals surface area contributed by atoms with Gasteiger partial charge in [0.15, 0.2) is 0 Å². The minimum atomic E-state index is -1.72. The van der Waals surface area contributed by atoms with Crippen LogP contribution < -0.4 is 8.05 Å². The molecule has 4 aromatic carbocycles. The van der Waals surface area contributed by atoms with Gasteiger partial charge in [0.1, 0.15) is 0 Å². The zero-order valence-corrected chi connectivity index (χ0v) is 37.0. The number of hydrogen-bond donors (Lipinski definition) is 2. The van der Waals surface area contributed by atoms with Crippen molar-refractivity contribution < 1.29 is 32.8 Å². The van der Waals surface area contributed by atoms with Gasteiger partial charge in [-0.2, -0.15) is 0 Å². The van der Waals surface area contributed by atoms with Gasteiger partial charge in [0.25, 0.3) is 0 Å². The van der Waals surface area contributed by atoms with Gasteiger partial charge in [0, 0.05) is 0 Å². The molecule has 0 aliphatic heterocycles. The minimum absolute atomic E-state index is 0.165. The third kappa shape index (κ3) is 8.51. The van der Waals surface area contributed by atoms with Crippen molar-refractivity contribution in [2.24, 2.45) is 0 Å².